The smallest absolute Gasteiger partial charge is 0 e. The molecule has 0 atom stereocenters. The minimum Gasteiger partial charge on any atom is -0.179 e. The first-order valence-corrected chi connectivity index (χ1v) is 21.4. The van der Waals surface area contributed by atoms with Crippen molar-refractivity contribution < 1.29 is 32.7 Å². The Kier molecular flexibility index (Phi) is 7.05. The van der Waals surface area contributed by atoms with E-state index < -0.39 is 0 Å². The summed E-state index contributed by atoms with van der Waals surface area (Å²) >= 11 is 0. The van der Waals surface area contributed by atoms with Crippen LogP contribution in [0.25, 0.3) is 108 Å². The van der Waals surface area contributed by atoms with E-state index in [1.807, 2.05) is 0 Å². The van der Waals surface area contributed by atoms with Crippen molar-refractivity contribution in [3.05, 3.63) is 214 Å². The fourth-order valence-electron chi connectivity index (χ4n) is 12.6. The van der Waals surface area contributed by atoms with Crippen LogP contribution in [0.15, 0.2) is 158 Å². The number of fused-ring (bicyclic) bond motifs is 12. The summed E-state index contributed by atoms with van der Waals surface area (Å²) in [5.74, 6) is 0. The van der Waals surface area contributed by atoms with E-state index >= 15 is 0 Å². The second-order valence-electron chi connectivity index (χ2n) is 17.5. The largest absolute Gasteiger partial charge is 0.179 e. The molecule has 4 aliphatic carbocycles. The maximum atomic E-state index is 3.62. The second kappa shape index (κ2) is 12.5. The minimum absolute atomic E-state index is 0. The quantitative estimate of drug-likeness (QED) is 0.105. The van der Waals surface area contributed by atoms with Crippen LogP contribution < -0.4 is 0 Å². The van der Waals surface area contributed by atoms with Gasteiger partial charge in [-0.15, -0.1) is 32.7 Å². The summed E-state index contributed by atoms with van der Waals surface area (Å²) in [6.07, 6.45) is 3.93. The first-order valence-electron chi connectivity index (χ1n) is 21.4. The van der Waals surface area contributed by atoms with E-state index in [1.165, 1.54) is 153 Å². The van der Waals surface area contributed by atoms with Gasteiger partial charge in [0, 0.05) is 32.7 Å². The molecular weight excluding hydrogens is 810 g/mol. The number of hydrogen-bond acceptors (Lipinski definition) is 0. The van der Waals surface area contributed by atoms with Gasteiger partial charge >= 0.3 is 0 Å². The third kappa shape index (κ3) is 4.37. The topological polar surface area (TPSA) is 0 Å². The zero-order valence-electron chi connectivity index (χ0n) is 33.4. The summed E-state index contributed by atoms with van der Waals surface area (Å²) in [6, 6.07) is 65.7. The summed E-state index contributed by atoms with van der Waals surface area (Å²) in [7, 11) is 0. The van der Waals surface area contributed by atoms with Crippen molar-refractivity contribution in [3.63, 3.8) is 0 Å². The van der Waals surface area contributed by atoms with Gasteiger partial charge in [-0.05, 0) is 135 Å². The fraction of sp³-hybridized carbons (Fsp3) is 0.0667. The van der Waals surface area contributed by atoms with E-state index in [-0.39, 0.29) is 32.7 Å². The molecule has 1 heteroatoms. The molecule has 16 rings (SSSR count). The van der Waals surface area contributed by atoms with Crippen molar-refractivity contribution in [2.45, 2.75) is 25.7 Å². The molecule has 0 aliphatic heterocycles. The number of rotatable bonds is 0. The Morgan fingerprint density at radius 2 is 0.557 bits per heavy atom. The van der Waals surface area contributed by atoms with Crippen LogP contribution in [0.4, 0.5) is 0 Å². The molecule has 0 fully saturated rings. The van der Waals surface area contributed by atoms with E-state index in [2.05, 4.69) is 170 Å². The molecule has 0 heterocycles. The summed E-state index contributed by atoms with van der Waals surface area (Å²) in [4.78, 5) is 0. The third-order valence-electron chi connectivity index (χ3n) is 14.8. The Morgan fingerprint density at radius 1 is 0.262 bits per heavy atom. The predicted octanol–water partition coefficient (Wildman–Crippen LogP) is 15.1. The molecule has 0 amide bonds. The number of benzene rings is 12. The Labute approximate surface area is 378 Å². The van der Waals surface area contributed by atoms with Crippen molar-refractivity contribution in [1.29, 1.82) is 0 Å². The third-order valence-corrected chi connectivity index (χ3v) is 14.8. The van der Waals surface area contributed by atoms with Crippen LogP contribution in [0.5, 0.6) is 0 Å². The molecule has 4 aliphatic rings. The van der Waals surface area contributed by atoms with Crippen molar-refractivity contribution in [3.8, 4) is 22.3 Å². The molecule has 0 bridgehead atoms. The van der Waals surface area contributed by atoms with Crippen LogP contribution in [0.3, 0.4) is 0 Å². The molecule has 61 heavy (non-hydrogen) atoms. The fourth-order valence-corrected chi connectivity index (χ4v) is 12.6. The maximum Gasteiger partial charge on any atom is 0 e. The SMILES string of the molecule is [Y].[c-]1ccc2c3c1Cc1c4c5c(cccc5c5ccccc15)Cc(c3-4)c1ccccc12.[c-]1ccc2c3c1Cc1c4c5c(cccc5c5ccccc15)Cc(c3-4)c1ccccc12. The van der Waals surface area contributed by atoms with Crippen LogP contribution in [0.2, 0.25) is 0 Å². The molecule has 12 aromatic rings. The van der Waals surface area contributed by atoms with Gasteiger partial charge in [0.2, 0.25) is 0 Å². The molecule has 0 saturated carbocycles. The van der Waals surface area contributed by atoms with Gasteiger partial charge in [0.25, 0.3) is 0 Å². The van der Waals surface area contributed by atoms with Gasteiger partial charge in [-0.2, -0.15) is 36.4 Å². The Hall–Kier alpha value is -6.18. The van der Waals surface area contributed by atoms with Crippen molar-refractivity contribution in [1.82, 2.24) is 0 Å². The summed E-state index contributed by atoms with van der Waals surface area (Å²) in [5.41, 5.74) is 17.5. The van der Waals surface area contributed by atoms with Crippen LogP contribution in [-0.4, -0.2) is 0 Å². The Bertz CT molecular complexity index is 3470. The van der Waals surface area contributed by atoms with Crippen LogP contribution in [-0.2, 0) is 58.4 Å². The van der Waals surface area contributed by atoms with Crippen LogP contribution in [0.1, 0.15) is 44.5 Å². The van der Waals surface area contributed by atoms with Crippen LogP contribution in [0, 0.1) is 12.1 Å². The molecule has 0 spiro atoms. The first kappa shape index (κ1) is 34.5. The minimum atomic E-state index is 0. The van der Waals surface area contributed by atoms with E-state index in [9.17, 15) is 0 Å². The molecular formula is C60H34Y-2. The average molecular weight is 844 g/mol. The van der Waals surface area contributed by atoms with E-state index in [4.69, 9.17) is 0 Å². The van der Waals surface area contributed by atoms with Gasteiger partial charge in [0.1, 0.15) is 0 Å². The van der Waals surface area contributed by atoms with Gasteiger partial charge in [-0.1, -0.05) is 145 Å². The Balaban J connectivity index is 0.000000118. The van der Waals surface area contributed by atoms with Gasteiger partial charge in [0.05, 0.1) is 0 Å². The Morgan fingerprint density at radius 3 is 0.934 bits per heavy atom. The zero-order valence-corrected chi connectivity index (χ0v) is 36.3. The molecule has 279 valence electrons. The predicted molar refractivity (Wildman–Crippen MR) is 253 cm³/mol. The summed E-state index contributed by atoms with van der Waals surface area (Å²) in [5, 5.41) is 22.5. The maximum absolute atomic E-state index is 3.62. The summed E-state index contributed by atoms with van der Waals surface area (Å²) in [6.45, 7) is 0. The number of hydrogen-bond donors (Lipinski definition) is 0. The van der Waals surface area contributed by atoms with E-state index in [1.54, 1.807) is 0 Å². The molecule has 0 unspecified atom stereocenters. The van der Waals surface area contributed by atoms with Gasteiger partial charge < -0.3 is 0 Å². The molecule has 0 N–H and O–H groups in total. The monoisotopic (exact) mass is 843 g/mol. The average Bonchev–Trinajstić information content (AvgIpc) is 3.32. The van der Waals surface area contributed by atoms with Crippen LogP contribution >= 0.6 is 0 Å². The van der Waals surface area contributed by atoms with E-state index in [0.717, 1.165) is 25.7 Å². The first-order chi connectivity index (χ1) is 29.8. The second-order valence-corrected chi connectivity index (χ2v) is 17.5. The standard InChI is InChI=1S/2C30H17.Y/c2*1-3-11-21-19(9-1)23-13-5-7-17-16-26-22-12-4-2-10-20(22)24-14-6-8-18-15-25(21)29(27(17)23)30(26)28(18)24;/h2*1-7,9-14H,15-16H2;/q2*-1;. The van der Waals surface area contributed by atoms with Crippen molar-refractivity contribution in [2.24, 2.45) is 0 Å². The molecule has 0 saturated heterocycles. The van der Waals surface area contributed by atoms with Gasteiger partial charge in [-0.25, -0.2) is 0 Å². The van der Waals surface area contributed by atoms with Crippen molar-refractivity contribution in [2.75, 3.05) is 0 Å². The normalized spacial score (nSPS) is 13.5. The molecule has 0 nitrogen and oxygen atoms in total. The summed E-state index contributed by atoms with van der Waals surface area (Å²) < 4.78 is 0. The molecule has 1 radical (unpaired) electrons. The molecule has 0 aromatic heterocycles. The van der Waals surface area contributed by atoms with Gasteiger partial charge in [-0.3, -0.25) is 0 Å². The zero-order chi connectivity index (χ0) is 38.8. The van der Waals surface area contributed by atoms with E-state index in [0.29, 0.717) is 0 Å². The van der Waals surface area contributed by atoms with Crippen molar-refractivity contribution >= 4 is 86.2 Å². The van der Waals surface area contributed by atoms with Gasteiger partial charge in [0.15, 0.2) is 0 Å². The molecule has 12 aromatic carbocycles.